The molecule has 3 fully saturated rings. The largest absolute Gasteiger partial charge is 0.381 e. The average Bonchev–Trinajstić information content (AvgIpc) is 3.34. The van der Waals surface area contributed by atoms with E-state index in [4.69, 9.17) is 9.73 Å². The summed E-state index contributed by atoms with van der Waals surface area (Å²) in [6, 6.07) is 10.8. The maximum absolute atomic E-state index is 5.71. The second kappa shape index (κ2) is 12.4. The number of nitrogens with one attached hydrogen (secondary N) is 1. The summed E-state index contributed by atoms with van der Waals surface area (Å²) < 4.78 is 5.71. The number of halogens is 1. The Kier molecular flexibility index (Phi) is 9.87. The van der Waals surface area contributed by atoms with Crippen LogP contribution < -0.4 is 5.32 Å². The highest BCUT2D eigenvalue weighted by atomic mass is 127. The molecule has 0 bridgehead atoms. The molecule has 3 aliphatic heterocycles. The van der Waals surface area contributed by atoms with Crippen LogP contribution in [0.15, 0.2) is 35.3 Å². The monoisotopic (exact) mass is 541 g/mol. The molecule has 3 saturated heterocycles. The van der Waals surface area contributed by atoms with Crippen LogP contribution in [0.2, 0.25) is 0 Å². The Morgan fingerprint density at radius 3 is 2.32 bits per heavy atom. The molecule has 31 heavy (non-hydrogen) atoms. The highest BCUT2D eigenvalue weighted by Crippen LogP contribution is 2.31. The van der Waals surface area contributed by atoms with E-state index in [9.17, 15) is 0 Å². The lowest BCUT2D eigenvalue weighted by Crippen LogP contribution is -2.55. The van der Waals surface area contributed by atoms with Gasteiger partial charge in [0.25, 0.3) is 0 Å². The van der Waals surface area contributed by atoms with Crippen LogP contribution in [-0.2, 0) is 11.3 Å². The Morgan fingerprint density at radius 2 is 1.68 bits per heavy atom. The zero-order valence-corrected chi connectivity index (χ0v) is 21.4. The van der Waals surface area contributed by atoms with Gasteiger partial charge in [-0.3, -0.25) is 14.8 Å². The molecule has 1 aromatic rings. The molecule has 3 heterocycles. The lowest BCUT2D eigenvalue weighted by atomic mass is 9.88. The quantitative estimate of drug-likeness (QED) is 0.341. The van der Waals surface area contributed by atoms with Crippen molar-refractivity contribution in [2.75, 3.05) is 65.6 Å². The van der Waals surface area contributed by atoms with E-state index in [1.165, 1.54) is 31.5 Å². The Morgan fingerprint density at radius 1 is 1.00 bits per heavy atom. The minimum Gasteiger partial charge on any atom is -0.381 e. The molecule has 0 amide bonds. The number of ether oxygens (including phenoxy) is 1. The maximum Gasteiger partial charge on any atom is 0.194 e. The number of guanidine groups is 1. The Labute approximate surface area is 205 Å². The van der Waals surface area contributed by atoms with Crippen LogP contribution in [0.5, 0.6) is 0 Å². The van der Waals surface area contributed by atoms with E-state index in [1.807, 2.05) is 0 Å². The van der Waals surface area contributed by atoms with Gasteiger partial charge in [0.1, 0.15) is 0 Å². The van der Waals surface area contributed by atoms with Gasteiger partial charge in [-0.1, -0.05) is 30.3 Å². The highest BCUT2D eigenvalue weighted by Gasteiger charge is 2.39. The Hall–Kier alpha value is -0.900. The first kappa shape index (κ1) is 24.7. The predicted molar refractivity (Wildman–Crippen MR) is 138 cm³/mol. The van der Waals surface area contributed by atoms with Gasteiger partial charge in [0.05, 0.1) is 6.54 Å². The fraction of sp³-hybridized carbons (Fsp3) is 0.708. The van der Waals surface area contributed by atoms with Gasteiger partial charge in [0, 0.05) is 58.0 Å². The van der Waals surface area contributed by atoms with Crippen LogP contribution in [0, 0.1) is 0 Å². The van der Waals surface area contributed by atoms with Crippen molar-refractivity contribution in [1.82, 2.24) is 20.0 Å². The van der Waals surface area contributed by atoms with Gasteiger partial charge in [-0.25, -0.2) is 0 Å². The van der Waals surface area contributed by atoms with Crippen molar-refractivity contribution in [3.63, 3.8) is 0 Å². The van der Waals surface area contributed by atoms with E-state index in [0.29, 0.717) is 0 Å². The number of benzene rings is 1. The van der Waals surface area contributed by atoms with Gasteiger partial charge < -0.3 is 15.0 Å². The zero-order valence-electron chi connectivity index (χ0n) is 19.1. The molecule has 0 atom stereocenters. The number of hydrogen-bond acceptors (Lipinski definition) is 4. The van der Waals surface area contributed by atoms with Gasteiger partial charge in [0.2, 0.25) is 0 Å². The van der Waals surface area contributed by atoms with Crippen molar-refractivity contribution >= 4 is 29.9 Å². The highest BCUT2D eigenvalue weighted by molar-refractivity contribution is 14.0. The molecule has 1 aromatic carbocycles. The van der Waals surface area contributed by atoms with Crippen LogP contribution in [0.4, 0.5) is 0 Å². The third kappa shape index (κ3) is 6.55. The van der Waals surface area contributed by atoms with Gasteiger partial charge in [-0.15, -0.1) is 24.0 Å². The SMILES string of the molecule is CCNC(=NCC1(N2CCCC2)CCOCC1)N1CCN(Cc2ccccc2)CC1.I. The summed E-state index contributed by atoms with van der Waals surface area (Å²) in [6.45, 7) is 13.5. The molecule has 0 spiro atoms. The average molecular weight is 542 g/mol. The van der Waals surface area contributed by atoms with Crippen molar-refractivity contribution in [1.29, 1.82) is 0 Å². The lowest BCUT2D eigenvalue weighted by Gasteiger charge is -2.44. The summed E-state index contributed by atoms with van der Waals surface area (Å²) in [6.07, 6.45) is 4.88. The second-order valence-corrected chi connectivity index (χ2v) is 8.95. The van der Waals surface area contributed by atoms with Crippen molar-refractivity contribution in [2.24, 2.45) is 4.99 Å². The first-order chi connectivity index (χ1) is 14.8. The maximum atomic E-state index is 5.71. The second-order valence-electron chi connectivity index (χ2n) is 8.95. The summed E-state index contributed by atoms with van der Waals surface area (Å²) in [4.78, 5) is 12.9. The van der Waals surface area contributed by atoms with E-state index in [2.05, 4.69) is 57.3 Å². The molecule has 3 aliphatic rings. The molecule has 0 aliphatic carbocycles. The number of nitrogens with zero attached hydrogens (tertiary/aromatic N) is 4. The first-order valence-corrected chi connectivity index (χ1v) is 11.9. The van der Waals surface area contributed by atoms with E-state index >= 15 is 0 Å². The van der Waals surface area contributed by atoms with Crippen LogP contribution in [0.25, 0.3) is 0 Å². The van der Waals surface area contributed by atoms with Crippen LogP contribution in [-0.4, -0.2) is 91.8 Å². The van der Waals surface area contributed by atoms with E-state index in [1.54, 1.807) is 0 Å². The standard InChI is InChI=1S/C24H39N5O.HI/c1-2-25-23(26-21-24(10-18-30-19-11-24)29-12-6-7-13-29)28-16-14-27(15-17-28)20-22-8-4-3-5-9-22;/h3-5,8-9H,2,6-7,10-21H2,1H3,(H,25,26);1H. The van der Waals surface area contributed by atoms with Crippen LogP contribution in [0.3, 0.4) is 0 Å². The normalized spacial score (nSPS) is 22.9. The summed E-state index contributed by atoms with van der Waals surface area (Å²) >= 11 is 0. The molecule has 1 N–H and O–H groups in total. The molecular weight excluding hydrogens is 501 g/mol. The fourth-order valence-corrected chi connectivity index (χ4v) is 5.12. The van der Waals surface area contributed by atoms with Crippen LogP contribution >= 0.6 is 24.0 Å². The van der Waals surface area contributed by atoms with E-state index in [-0.39, 0.29) is 29.5 Å². The number of likely N-dealkylation sites (tertiary alicyclic amines) is 1. The predicted octanol–water partition coefficient (Wildman–Crippen LogP) is 3.03. The molecule has 0 saturated carbocycles. The van der Waals surface area contributed by atoms with Gasteiger partial charge in [-0.05, 0) is 51.3 Å². The third-order valence-electron chi connectivity index (χ3n) is 6.98. The Balaban J connectivity index is 0.00000272. The molecule has 0 aromatic heterocycles. The van der Waals surface area contributed by atoms with Crippen LogP contribution in [0.1, 0.15) is 38.2 Å². The molecule has 7 heteroatoms. The molecule has 6 nitrogen and oxygen atoms in total. The van der Waals surface area contributed by atoms with Crippen molar-refractivity contribution < 1.29 is 4.74 Å². The molecule has 4 rings (SSSR count). The number of piperazine rings is 1. The number of hydrogen-bond donors (Lipinski definition) is 1. The minimum absolute atomic E-state index is 0. The lowest BCUT2D eigenvalue weighted by molar-refractivity contribution is -0.0140. The van der Waals surface area contributed by atoms with Gasteiger partial charge in [-0.2, -0.15) is 0 Å². The third-order valence-corrected chi connectivity index (χ3v) is 6.98. The van der Waals surface area contributed by atoms with E-state index in [0.717, 1.165) is 77.8 Å². The molecular formula is C24H40IN5O. The smallest absolute Gasteiger partial charge is 0.194 e. The number of rotatable bonds is 6. The zero-order chi connectivity index (χ0) is 20.7. The number of aliphatic imine (C=N–C) groups is 1. The summed E-state index contributed by atoms with van der Waals surface area (Å²) in [5.74, 6) is 1.10. The van der Waals surface area contributed by atoms with Crippen molar-refractivity contribution in [2.45, 2.75) is 44.7 Å². The molecule has 0 unspecified atom stereocenters. The Bertz CT molecular complexity index is 666. The minimum atomic E-state index is 0. The van der Waals surface area contributed by atoms with Gasteiger partial charge in [0.15, 0.2) is 5.96 Å². The van der Waals surface area contributed by atoms with E-state index < -0.39 is 0 Å². The summed E-state index contributed by atoms with van der Waals surface area (Å²) in [5, 5.41) is 3.57. The summed E-state index contributed by atoms with van der Waals surface area (Å²) in [7, 11) is 0. The fourth-order valence-electron chi connectivity index (χ4n) is 5.12. The molecule has 174 valence electrons. The van der Waals surface area contributed by atoms with Crippen molar-refractivity contribution in [3.05, 3.63) is 35.9 Å². The molecule has 0 radical (unpaired) electrons. The van der Waals surface area contributed by atoms with Crippen molar-refractivity contribution in [3.8, 4) is 0 Å². The van der Waals surface area contributed by atoms with Gasteiger partial charge >= 0.3 is 0 Å². The summed E-state index contributed by atoms with van der Waals surface area (Å²) in [5.41, 5.74) is 1.60. The topological polar surface area (TPSA) is 43.3 Å². The first-order valence-electron chi connectivity index (χ1n) is 11.9.